The third kappa shape index (κ3) is 5.92. The number of hydrogen-bond acceptors (Lipinski definition) is 2. The lowest BCUT2D eigenvalue weighted by Gasteiger charge is -2.17. The van der Waals surface area contributed by atoms with Crippen LogP contribution in [-0.4, -0.2) is 10.4 Å². The van der Waals surface area contributed by atoms with Gasteiger partial charge in [-0.25, -0.2) is 4.99 Å². The van der Waals surface area contributed by atoms with Gasteiger partial charge >= 0.3 is 0 Å². The number of rotatable bonds is 9. The van der Waals surface area contributed by atoms with Crippen LogP contribution in [0.2, 0.25) is 0 Å². The quantitative estimate of drug-likeness (QED) is 0.120. The van der Waals surface area contributed by atoms with Crippen molar-refractivity contribution in [2.45, 2.75) is 26.6 Å². The van der Waals surface area contributed by atoms with E-state index in [9.17, 15) is 0 Å². The van der Waals surface area contributed by atoms with Gasteiger partial charge in [0.15, 0.2) is 0 Å². The molecule has 4 nitrogen and oxygen atoms in total. The van der Waals surface area contributed by atoms with E-state index < -0.39 is 0 Å². The van der Waals surface area contributed by atoms with Gasteiger partial charge in [0.1, 0.15) is 12.0 Å². The van der Waals surface area contributed by atoms with Crippen molar-refractivity contribution in [3.8, 4) is 5.69 Å². The first kappa shape index (κ1) is 26.0. The molecule has 0 saturated heterocycles. The Hall–Kier alpha value is -4.67. The highest BCUT2D eigenvalue weighted by Crippen LogP contribution is 2.31. The summed E-state index contributed by atoms with van der Waals surface area (Å²) in [4.78, 5) is 4.85. The van der Waals surface area contributed by atoms with Crippen LogP contribution in [0, 0.1) is 0 Å². The summed E-state index contributed by atoms with van der Waals surface area (Å²) in [5.74, 6) is 0.517. The van der Waals surface area contributed by atoms with Gasteiger partial charge in [0.05, 0.1) is 11.0 Å². The smallest absolute Gasteiger partial charge is 0.128 e. The Bertz CT molecular complexity index is 1620. The lowest BCUT2D eigenvalue weighted by molar-refractivity contribution is 0.554. The summed E-state index contributed by atoms with van der Waals surface area (Å²) < 4.78 is 2.33. The minimum Gasteiger partial charge on any atom is -0.384 e. The van der Waals surface area contributed by atoms with Crippen molar-refractivity contribution < 1.29 is 0 Å². The molecule has 1 heterocycles. The van der Waals surface area contributed by atoms with Gasteiger partial charge in [-0.05, 0) is 54.8 Å². The summed E-state index contributed by atoms with van der Waals surface area (Å²) >= 11 is 0. The second-order valence-electron chi connectivity index (χ2n) is 9.50. The maximum absolute atomic E-state index is 6.39. The maximum atomic E-state index is 6.39. The Labute approximate surface area is 230 Å². The van der Waals surface area contributed by atoms with Crippen molar-refractivity contribution in [1.29, 1.82) is 0 Å². The summed E-state index contributed by atoms with van der Waals surface area (Å²) in [7, 11) is 0. The maximum Gasteiger partial charge on any atom is 0.128 e. The number of para-hydroxylation sites is 2. The second kappa shape index (κ2) is 12.2. The van der Waals surface area contributed by atoms with Crippen LogP contribution in [0.4, 0.5) is 0 Å². The summed E-state index contributed by atoms with van der Waals surface area (Å²) in [5.41, 5.74) is 13.1. The van der Waals surface area contributed by atoms with E-state index in [1.807, 2.05) is 62.4 Å². The molecule has 1 unspecified atom stereocenters. The fourth-order valence-corrected chi connectivity index (χ4v) is 4.75. The molecule has 0 radical (unpaired) electrons. The number of amidine groups is 1. The highest BCUT2D eigenvalue weighted by Gasteiger charge is 2.13. The lowest BCUT2D eigenvalue weighted by atomic mass is 10.1. The van der Waals surface area contributed by atoms with E-state index in [2.05, 4.69) is 94.8 Å². The van der Waals surface area contributed by atoms with Crippen molar-refractivity contribution in [2.75, 3.05) is 0 Å². The van der Waals surface area contributed by atoms with Gasteiger partial charge in [-0.15, -0.1) is 0 Å². The SMILES string of the molecule is C\C=C/C=C\C=C(/C)C(N)=NC(NCc1ccc(-n2c3ccccc3c3ccccc32)cc1)c1ccccc1. The zero-order valence-electron chi connectivity index (χ0n) is 22.5. The standard InChI is InChI=1S/C35H34N4/c1-3-4-5-7-14-26(2)34(36)38-35(28-15-8-6-9-16-28)37-25-27-21-23-29(24-22-27)39-32-19-12-10-17-30(32)31-18-11-13-20-33(31)39/h3-24,35,37H,25H2,1-2H3,(H2,36,38)/b4-3-,7-5-,26-14+. The molecule has 0 saturated carbocycles. The van der Waals surface area contributed by atoms with Crippen molar-refractivity contribution in [3.63, 3.8) is 0 Å². The largest absolute Gasteiger partial charge is 0.384 e. The molecule has 3 N–H and O–H groups in total. The molecule has 0 spiro atoms. The van der Waals surface area contributed by atoms with E-state index in [-0.39, 0.29) is 6.17 Å². The van der Waals surface area contributed by atoms with E-state index in [0.717, 1.165) is 16.8 Å². The zero-order valence-corrected chi connectivity index (χ0v) is 22.5. The van der Waals surface area contributed by atoms with Crippen LogP contribution < -0.4 is 11.1 Å². The molecule has 0 aliphatic heterocycles. The van der Waals surface area contributed by atoms with Gasteiger partial charge in [-0.3, -0.25) is 5.32 Å². The molecular weight excluding hydrogens is 476 g/mol. The molecule has 0 aliphatic rings. The van der Waals surface area contributed by atoms with Gasteiger partial charge in [0.2, 0.25) is 0 Å². The van der Waals surface area contributed by atoms with Crippen LogP contribution in [0.3, 0.4) is 0 Å². The van der Waals surface area contributed by atoms with E-state index in [1.54, 1.807) is 0 Å². The predicted molar refractivity (Wildman–Crippen MR) is 166 cm³/mol. The fourth-order valence-electron chi connectivity index (χ4n) is 4.75. The number of benzene rings is 4. The van der Waals surface area contributed by atoms with E-state index >= 15 is 0 Å². The number of aliphatic imine (C=N–C) groups is 1. The normalized spacial score (nSPS) is 13.7. The van der Waals surface area contributed by atoms with Crippen LogP contribution in [0.1, 0.15) is 31.1 Å². The average molecular weight is 511 g/mol. The molecule has 0 bridgehead atoms. The molecule has 1 aromatic heterocycles. The third-order valence-corrected chi connectivity index (χ3v) is 6.82. The molecular formula is C35H34N4. The highest BCUT2D eigenvalue weighted by molar-refractivity contribution is 6.09. The van der Waals surface area contributed by atoms with Gasteiger partial charge in [0.25, 0.3) is 0 Å². The van der Waals surface area contributed by atoms with Crippen LogP contribution in [0.25, 0.3) is 27.5 Å². The number of allylic oxidation sites excluding steroid dienone is 5. The Balaban J connectivity index is 1.38. The first-order valence-corrected chi connectivity index (χ1v) is 13.3. The summed E-state index contributed by atoms with van der Waals surface area (Å²) in [5, 5.41) is 6.13. The fraction of sp³-hybridized carbons (Fsp3) is 0.114. The minimum atomic E-state index is -0.258. The number of fused-ring (bicyclic) bond motifs is 3. The van der Waals surface area contributed by atoms with Gasteiger partial charge in [-0.1, -0.05) is 109 Å². The molecule has 1 atom stereocenters. The zero-order chi connectivity index (χ0) is 27.0. The molecule has 0 amide bonds. The number of nitrogens with one attached hydrogen (secondary N) is 1. The molecule has 194 valence electrons. The second-order valence-corrected chi connectivity index (χ2v) is 9.50. The molecule has 5 aromatic rings. The molecule has 5 rings (SSSR count). The minimum absolute atomic E-state index is 0.258. The van der Waals surface area contributed by atoms with Crippen LogP contribution in [-0.2, 0) is 6.54 Å². The van der Waals surface area contributed by atoms with Crippen LogP contribution in [0.5, 0.6) is 0 Å². The summed E-state index contributed by atoms with van der Waals surface area (Å²) in [6.45, 7) is 4.63. The van der Waals surface area contributed by atoms with E-state index in [1.165, 1.54) is 27.4 Å². The van der Waals surface area contributed by atoms with E-state index in [4.69, 9.17) is 10.7 Å². The summed E-state index contributed by atoms with van der Waals surface area (Å²) in [6.07, 6.45) is 9.65. The molecule has 39 heavy (non-hydrogen) atoms. The number of nitrogens with zero attached hydrogens (tertiary/aromatic N) is 2. The highest BCUT2D eigenvalue weighted by atomic mass is 15.1. The Morgan fingerprint density at radius 3 is 2.05 bits per heavy atom. The number of nitrogens with two attached hydrogens (primary N) is 1. The van der Waals surface area contributed by atoms with Gasteiger partial charge < -0.3 is 10.3 Å². The van der Waals surface area contributed by atoms with E-state index in [0.29, 0.717) is 12.4 Å². The molecule has 4 heteroatoms. The van der Waals surface area contributed by atoms with Crippen LogP contribution >= 0.6 is 0 Å². The lowest BCUT2D eigenvalue weighted by Crippen LogP contribution is -2.23. The van der Waals surface area contributed by atoms with Gasteiger partial charge in [-0.2, -0.15) is 0 Å². The van der Waals surface area contributed by atoms with Crippen molar-refractivity contribution in [2.24, 2.45) is 10.7 Å². The average Bonchev–Trinajstić information content (AvgIpc) is 3.32. The monoisotopic (exact) mass is 510 g/mol. The molecule has 4 aromatic carbocycles. The Morgan fingerprint density at radius 2 is 1.41 bits per heavy atom. The van der Waals surface area contributed by atoms with Crippen molar-refractivity contribution in [3.05, 3.63) is 150 Å². The Morgan fingerprint density at radius 1 is 0.795 bits per heavy atom. The predicted octanol–water partition coefficient (Wildman–Crippen LogP) is 8.01. The molecule has 0 fully saturated rings. The summed E-state index contributed by atoms with van der Waals surface area (Å²) in [6, 6.07) is 36.1. The topological polar surface area (TPSA) is 55.3 Å². The number of hydrogen-bond donors (Lipinski definition) is 2. The van der Waals surface area contributed by atoms with Gasteiger partial charge in [0, 0.05) is 23.0 Å². The van der Waals surface area contributed by atoms with Crippen molar-refractivity contribution in [1.82, 2.24) is 9.88 Å². The number of aromatic nitrogens is 1. The molecule has 0 aliphatic carbocycles. The first-order valence-electron chi connectivity index (χ1n) is 13.3. The first-order chi connectivity index (χ1) is 19.2. The van der Waals surface area contributed by atoms with Crippen LogP contribution in [0.15, 0.2) is 144 Å². The Kier molecular flexibility index (Phi) is 8.15. The third-order valence-electron chi connectivity index (χ3n) is 6.82. The van der Waals surface area contributed by atoms with Crippen molar-refractivity contribution >= 4 is 27.6 Å².